The van der Waals surface area contributed by atoms with Crippen LogP contribution < -0.4 is 10.1 Å². The Hall–Kier alpha value is -3.68. The van der Waals surface area contributed by atoms with E-state index in [9.17, 15) is 0 Å². The molecule has 7 heteroatoms. The van der Waals surface area contributed by atoms with Gasteiger partial charge in [0.25, 0.3) is 0 Å². The zero-order chi connectivity index (χ0) is 24.0. The number of aromatic nitrogens is 3. The molecule has 5 nitrogen and oxygen atoms in total. The smallest absolute Gasteiger partial charge is 0.227 e. The van der Waals surface area contributed by atoms with E-state index in [4.69, 9.17) is 9.72 Å². The number of hydrogen-bond donors (Lipinski definition) is 1. The number of pyridine rings is 1. The predicted molar refractivity (Wildman–Crippen MR) is 146 cm³/mol. The average molecular weight is 497 g/mol. The molecule has 2 aromatic carbocycles. The Morgan fingerprint density at radius 3 is 2.66 bits per heavy atom. The minimum atomic E-state index is 0.517. The van der Waals surface area contributed by atoms with Crippen LogP contribution in [0.2, 0.25) is 0 Å². The fourth-order valence-corrected chi connectivity index (χ4v) is 5.43. The lowest BCUT2D eigenvalue weighted by molar-refractivity contribution is 0.306. The van der Waals surface area contributed by atoms with Gasteiger partial charge in [-0.2, -0.15) is 0 Å². The highest BCUT2D eigenvalue weighted by Gasteiger charge is 2.17. The lowest BCUT2D eigenvalue weighted by atomic mass is 10.1. The van der Waals surface area contributed by atoms with Crippen LogP contribution in [0.3, 0.4) is 0 Å². The van der Waals surface area contributed by atoms with Gasteiger partial charge >= 0.3 is 0 Å². The van der Waals surface area contributed by atoms with Gasteiger partial charge in [-0.3, -0.25) is 4.98 Å². The molecule has 0 aliphatic heterocycles. The second-order valence-electron chi connectivity index (χ2n) is 7.91. The fourth-order valence-electron chi connectivity index (χ4n) is 3.65. The first-order valence-electron chi connectivity index (χ1n) is 11.2. The summed E-state index contributed by atoms with van der Waals surface area (Å²) in [5.41, 5.74) is 6.15. The maximum atomic E-state index is 5.98. The Bertz CT molecular complexity index is 1420. The summed E-state index contributed by atoms with van der Waals surface area (Å²) in [5.74, 6) is 1.33. The summed E-state index contributed by atoms with van der Waals surface area (Å²) in [5, 5.41) is 3.34. The van der Waals surface area contributed by atoms with Gasteiger partial charge < -0.3 is 10.1 Å². The highest BCUT2D eigenvalue weighted by Crippen LogP contribution is 2.42. The van der Waals surface area contributed by atoms with Crippen molar-refractivity contribution in [3.05, 3.63) is 103 Å². The highest BCUT2D eigenvalue weighted by atomic mass is 32.2. The van der Waals surface area contributed by atoms with Crippen molar-refractivity contribution in [3.8, 4) is 27.4 Å². The molecular weight excluding hydrogens is 472 g/mol. The third-order valence-electron chi connectivity index (χ3n) is 5.41. The van der Waals surface area contributed by atoms with Crippen molar-refractivity contribution in [3.63, 3.8) is 0 Å². The summed E-state index contributed by atoms with van der Waals surface area (Å²) in [6, 6.07) is 24.2. The number of anilines is 2. The summed E-state index contributed by atoms with van der Waals surface area (Å²) in [6.07, 6.45) is 7.65. The van der Waals surface area contributed by atoms with Crippen LogP contribution in [0.15, 0.2) is 95.6 Å². The van der Waals surface area contributed by atoms with E-state index in [1.165, 1.54) is 4.21 Å². The number of rotatable bonds is 8. The second kappa shape index (κ2) is 10.7. The number of nitrogens with one attached hydrogen (secondary N) is 1. The van der Waals surface area contributed by atoms with Crippen LogP contribution in [-0.4, -0.2) is 21.2 Å². The first-order valence-corrected chi connectivity index (χ1v) is 13.2. The normalized spacial score (nSPS) is 10.8. The minimum Gasteiger partial charge on any atom is -0.489 e. The third-order valence-corrected chi connectivity index (χ3v) is 7.62. The van der Waals surface area contributed by atoms with E-state index in [-0.39, 0.29) is 0 Å². The number of thioether (sulfide) groups is 1. The largest absolute Gasteiger partial charge is 0.489 e. The first kappa shape index (κ1) is 23.1. The van der Waals surface area contributed by atoms with Crippen molar-refractivity contribution in [2.75, 3.05) is 11.6 Å². The molecule has 0 unspecified atom stereocenters. The topological polar surface area (TPSA) is 59.9 Å². The van der Waals surface area contributed by atoms with Crippen LogP contribution in [-0.2, 0) is 6.61 Å². The van der Waals surface area contributed by atoms with E-state index in [0.29, 0.717) is 12.6 Å². The van der Waals surface area contributed by atoms with Crippen LogP contribution >= 0.6 is 23.1 Å². The Kier molecular flexibility index (Phi) is 7.07. The average Bonchev–Trinajstić information content (AvgIpc) is 3.34. The maximum Gasteiger partial charge on any atom is 0.227 e. The van der Waals surface area contributed by atoms with Gasteiger partial charge in [-0.25, -0.2) is 9.97 Å². The molecule has 0 bridgehead atoms. The lowest BCUT2D eigenvalue weighted by Crippen LogP contribution is -2.00. The molecule has 5 aromatic rings. The molecule has 0 aliphatic carbocycles. The maximum absolute atomic E-state index is 5.98. The van der Waals surface area contributed by atoms with Gasteiger partial charge in [-0.1, -0.05) is 42.5 Å². The SMILES string of the molecule is CSc1cc(-c2cccnc2)c(-c2nc(Nc3cccc(OCc4ccccc4)c3)ncc2C)s1. The quantitative estimate of drug-likeness (QED) is 0.223. The first-order chi connectivity index (χ1) is 17.2. The molecule has 3 heterocycles. The number of ether oxygens (including phenoxy) is 1. The summed E-state index contributed by atoms with van der Waals surface area (Å²) in [7, 11) is 0. The number of nitrogens with zero attached hydrogens (tertiary/aromatic N) is 3. The van der Waals surface area contributed by atoms with Gasteiger partial charge in [0.15, 0.2) is 0 Å². The molecule has 0 radical (unpaired) electrons. The monoisotopic (exact) mass is 496 g/mol. The van der Waals surface area contributed by atoms with Crippen molar-refractivity contribution in [2.24, 2.45) is 0 Å². The summed E-state index contributed by atoms with van der Waals surface area (Å²) < 4.78 is 7.21. The number of thiophene rings is 1. The van der Waals surface area contributed by atoms with Gasteiger partial charge in [0.2, 0.25) is 5.95 Å². The molecule has 174 valence electrons. The van der Waals surface area contributed by atoms with E-state index in [0.717, 1.165) is 44.3 Å². The molecule has 0 saturated carbocycles. The number of aryl methyl sites for hydroxylation is 1. The minimum absolute atomic E-state index is 0.517. The predicted octanol–water partition coefficient (Wildman–Crippen LogP) is 7.62. The zero-order valence-corrected chi connectivity index (χ0v) is 21.1. The standard InChI is InChI=1S/C28H24N4OS2/c1-19-16-30-28(31-22-11-6-12-23(14-22)33-18-20-8-4-3-5-9-20)32-26(19)27-24(15-25(34-2)35-27)21-10-7-13-29-17-21/h3-17H,18H2,1-2H3,(H,30,31,32). The molecule has 1 N–H and O–H groups in total. The van der Waals surface area contributed by atoms with E-state index >= 15 is 0 Å². The third kappa shape index (κ3) is 5.53. The molecule has 0 amide bonds. The number of hydrogen-bond acceptors (Lipinski definition) is 7. The van der Waals surface area contributed by atoms with Gasteiger partial charge in [0.05, 0.1) is 14.8 Å². The van der Waals surface area contributed by atoms with Crippen LogP contribution in [0.5, 0.6) is 5.75 Å². The van der Waals surface area contributed by atoms with E-state index in [2.05, 4.69) is 45.8 Å². The summed E-state index contributed by atoms with van der Waals surface area (Å²) in [4.78, 5) is 14.9. The molecule has 0 spiro atoms. The molecule has 3 aromatic heterocycles. The Morgan fingerprint density at radius 1 is 0.971 bits per heavy atom. The Labute approximate surface area is 213 Å². The van der Waals surface area contributed by atoms with Crippen molar-refractivity contribution >= 4 is 34.7 Å². The van der Waals surface area contributed by atoms with Crippen LogP contribution in [0.4, 0.5) is 11.6 Å². The highest BCUT2D eigenvalue weighted by molar-refractivity contribution is 8.00. The Balaban J connectivity index is 1.41. The van der Waals surface area contributed by atoms with Gasteiger partial charge in [-0.05, 0) is 48.6 Å². The molecule has 0 aliphatic rings. The van der Waals surface area contributed by atoms with Crippen molar-refractivity contribution < 1.29 is 4.74 Å². The Morgan fingerprint density at radius 2 is 1.86 bits per heavy atom. The molecule has 0 fully saturated rings. The van der Waals surface area contributed by atoms with E-state index < -0.39 is 0 Å². The van der Waals surface area contributed by atoms with Crippen molar-refractivity contribution in [1.29, 1.82) is 0 Å². The molecule has 5 rings (SSSR count). The van der Waals surface area contributed by atoms with Gasteiger partial charge in [0, 0.05) is 41.5 Å². The molecule has 35 heavy (non-hydrogen) atoms. The molecule has 0 saturated heterocycles. The lowest BCUT2D eigenvalue weighted by Gasteiger charge is -2.11. The van der Waals surface area contributed by atoms with Crippen LogP contribution in [0.1, 0.15) is 11.1 Å². The summed E-state index contributed by atoms with van der Waals surface area (Å²) in [6.45, 7) is 2.56. The molecule has 0 atom stereocenters. The second-order valence-corrected chi connectivity index (χ2v) is 10.1. The zero-order valence-electron chi connectivity index (χ0n) is 19.4. The van der Waals surface area contributed by atoms with Gasteiger partial charge in [-0.15, -0.1) is 23.1 Å². The number of benzene rings is 2. The summed E-state index contributed by atoms with van der Waals surface area (Å²) >= 11 is 3.48. The van der Waals surface area contributed by atoms with Gasteiger partial charge in [0.1, 0.15) is 12.4 Å². The molecular formula is C28H24N4OS2. The van der Waals surface area contributed by atoms with Crippen LogP contribution in [0, 0.1) is 6.92 Å². The van der Waals surface area contributed by atoms with E-state index in [1.807, 2.05) is 67.8 Å². The van der Waals surface area contributed by atoms with Crippen molar-refractivity contribution in [1.82, 2.24) is 15.0 Å². The van der Waals surface area contributed by atoms with Crippen LogP contribution in [0.25, 0.3) is 21.7 Å². The fraction of sp³-hybridized carbons (Fsp3) is 0.107. The van der Waals surface area contributed by atoms with E-state index in [1.54, 1.807) is 29.3 Å². The van der Waals surface area contributed by atoms with Crippen molar-refractivity contribution in [2.45, 2.75) is 17.7 Å².